The molecule has 4 aromatic heterocycles. The van der Waals surface area contributed by atoms with Crippen molar-refractivity contribution in [1.82, 2.24) is 20.2 Å². The van der Waals surface area contributed by atoms with Crippen LogP contribution in [0, 0.1) is 0 Å². The second-order valence-corrected chi connectivity index (χ2v) is 5.94. The van der Waals surface area contributed by atoms with E-state index >= 15 is 0 Å². The summed E-state index contributed by atoms with van der Waals surface area (Å²) in [6.45, 7) is 0. The molecular formula is C13H8N4O2S2. The van der Waals surface area contributed by atoms with Crippen LogP contribution >= 0.6 is 23.1 Å². The van der Waals surface area contributed by atoms with Crippen molar-refractivity contribution >= 4 is 33.3 Å². The molecule has 0 unspecified atom stereocenters. The maximum Gasteiger partial charge on any atom is 0.283 e. The molecule has 6 nitrogen and oxygen atoms in total. The Labute approximate surface area is 127 Å². The summed E-state index contributed by atoms with van der Waals surface area (Å²) in [7, 11) is 0. The van der Waals surface area contributed by atoms with Gasteiger partial charge < -0.3 is 8.83 Å². The Morgan fingerprint density at radius 1 is 1.19 bits per heavy atom. The average molecular weight is 316 g/mol. The minimum Gasteiger partial charge on any atom is -0.459 e. The molecule has 0 atom stereocenters. The van der Waals surface area contributed by atoms with E-state index in [0.717, 1.165) is 15.2 Å². The average Bonchev–Trinajstić information content (AvgIpc) is 3.23. The Balaban J connectivity index is 1.53. The number of rotatable bonds is 4. The summed E-state index contributed by atoms with van der Waals surface area (Å²) in [6.07, 6.45) is 3.14. The standard InChI is InChI=1S/C13H8N4O2S2/c1-2-9(18-4-1)11-17-16-10(19-11)6-21-13-8-3-5-20-12(8)14-7-15-13/h1-5,7H,6H2. The molecule has 104 valence electrons. The van der Waals surface area contributed by atoms with Crippen LogP contribution in [0.2, 0.25) is 0 Å². The van der Waals surface area contributed by atoms with Crippen molar-refractivity contribution in [2.75, 3.05) is 0 Å². The van der Waals surface area contributed by atoms with Crippen LogP contribution in [0.25, 0.3) is 21.9 Å². The molecule has 0 aromatic carbocycles. The SMILES string of the molecule is c1coc(-c2nnc(CSc3ncnc4sccc34)o2)c1. The van der Waals surface area contributed by atoms with Crippen LogP contribution in [-0.4, -0.2) is 20.2 Å². The van der Waals surface area contributed by atoms with E-state index in [-0.39, 0.29) is 0 Å². The molecule has 0 amide bonds. The van der Waals surface area contributed by atoms with Gasteiger partial charge in [0.25, 0.3) is 5.89 Å². The summed E-state index contributed by atoms with van der Waals surface area (Å²) >= 11 is 3.14. The highest BCUT2D eigenvalue weighted by Gasteiger charge is 2.12. The van der Waals surface area contributed by atoms with Gasteiger partial charge in [0, 0.05) is 5.39 Å². The number of hydrogen-bond donors (Lipinski definition) is 0. The van der Waals surface area contributed by atoms with Gasteiger partial charge in [0.15, 0.2) is 5.76 Å². The Kier molecular flexibility index (Phi) is 3.17. The highest BCUT2D eigenvalue weighted by molar-refractivity contribution is 7.98. The van der Waals surface area contributed by atoms with Crippen LogP contribution in [0.1, 0.15) is 5.89 Å². The fourth-order valence-corrected chi connectivity index (χ4v) is 3.44. The van der Waals surface area contributed by atoms with Crippen molar-refractivity contribution in [3.8, 4) is 11.7 Å². The zero-order valence-corrected chi connectivity index (χ0v) is 12.2. The molecule has 0 bridgehead atoms. The van der Waals surface area contributed by atoms with Gasteiger partial charge >= 0.3 is 0 Å². The molecule has 4 heterocycles. The smallest absolute Gasteiger partial charge is 0.283 e. The second-order valence-electron chi connectivity index (χ2n) is 4.09. The third-order valence-electron chi connectivity index (χ3n) is 2.76. The van der Waals surface area contributed by atoms with E-state index in [0.29, 0.717) is 23.3 Å². The molecule has 8 heteroatoms. The molecular weight excluding hydrogens is 308 g/mol. The molecule has 0 aliphatic heterocycles. The van der Waals surface area contributed by atoms with Gasteiger partial charge in [-0.3, -0.25) is 0 Å². The van der Waals surface area contributed by atoms with E-state index in [2.05, 4.69) is 20.2 Å². The zero-order chi connectivity index (χ0) is 14.1. The topological polar surface area (TPSA) is 77.8 Å². The maximum atomic E-state index is 5.57. The van der Waals surface area contributed by atoms with Gasteiger partial charge in [-0.25, -0.2) is 9.97 Å². The van der Waals surface area contributed by atoms with Crippen molar-refractivity contribution in [3.63, 3.8) is 0 Å². The van der Waals surface area contributed by atoms with Crippen LogP contribution in [0.3, 0.4) is 0 Å². The van der Waals surface area contributed by atoms with E-state index < -0.39 is 0 Å². The predicted molar refractivity (Wildman–Crippen MR) is 79.0 cm³/mol. The van der Waals surface area contributed by atoms with Crippen molar-refractivity contribution in [3.05, 3.63) is 42.1 Å². The Morgan fingerprint density at radius 3 is 3.10 bits per heavy atom. The summed E-state index contributed by atoms with van der Waals surface area (Å²) in [5.41, 5.74) is 0. The third kappa shape index (κ3) is 2.43. The Bertz CT molecular complexity index is 869. The number of hydrogen-bond acceptors (Lipinski definition) is 8. The van der Waals surface area contributed by atoms with E-state index in [1.807, 2.05) is 11.4 Å². The lowest BCUT2D eigenvalue weighted by Gasteiger charge is -1.98. The lowest BCUT2D eigenvalue weighted by molar-refractivity contribution is 0.494. The molecule has 0 radical (unpaired) electrons. The number of thioether (sulfide) groups is 1. The molecule has 0 saturated heterocycles. The van der Waals surface area contributed by atoms with Crippen LogP contribution in [0.5, 0.6) is 0 Å². The number of nitrogens with zero attached hydrogens (tertiary/aromatic N) is 4. The summed E-state index contributed by atoms with van der Waals surface area (Å²) in [6, 6.07) is 5.58. The van der Waals surface area contributed by atoms with Crippen molar-refractivity contribution in [2.45, 2.75) is 10.8 Å². The number of aromatic nitrogens is 4. The minimum atomic E-state index is 0.388. The van der Waals surface area contributed by atoms with Gasteiger partial charge in [-0.05, 0) is 23.6 Å². The molecule has 21 heavy (non-hydrogen) atoms. The van der Waals surface area contributed by atoms with Crippen molar-refractivity contribution in [1.29, 1.82) is 0 Å². The first-order chi connectivity index (χ1) is 10.4. The molecule has 0 spiro atoms. The minimum absolute atomic E-state index is 0.388. The largest absolute Gasteiger partial charge is 0.459 e. The normalized spacial score (nSPS) is 11.2. The van der Waals surface area contributed by atoms with Crippen LogP contribution in [0.4, 0.5) is 0 Å². The molecule has 0 N–H and O–H groups in total. The molecule has 4 rings (SSSR count). The van der Waals surface area contributed by atoms with Crippen molar-refractivity contribution < 1.29 is 8.83 Å². The fourth-order valence-electron chi connectivity index (χ4n) is 1.82. The van der Waals surface area contributed by atoms with E-state index in [1.54, 1.807) is 47.8 Å². The van der Waals surface area contributed by atoms with Gasteiger partial charge in [-0.2, -0.15) is 0 Å². The molecule has 4 aromatic rings. The van der Waals surface area contributed by atoms with Gasteiger partial charge in [-0.15, -0.1) is 21.5 Å². The zero-order valence-electron chi connectivity index (χ0n) is 10.6. The van der Waals surface area contributed by atoms with Gasteiger partial charge in [0.1, 0.15) is 16.2 Å². The van der Waals surface area contributed by atoms with E-state index in [1.165, 1.54) is 0 Å². The van der Waals surface area contributed by atoms with Crippen LogP contribution in [-0.2, 0) is 5.75 Å². The highest BCUT2D eigenvalue weighted by atomic mass is 32.2. The van der Waals surface area contributed by atoms with Crippen molar-refractivity contribution in [2.24, 2.45) is 0 Å². The van der Waals surface area contributed by atoms with Gasteiger partial charge in [0.05, 0.1) is 12.0 Å². The lowest BCUT2D eigenvalue weighted by Crippen LogP contribution is -1.85. The second kappa shape index (κ2) is 5.30. The number of fused-ring (bicyclic) bond motifs is 1. The fraction of sp³-hybridized carbons (Fsp3) is 0.0769. The van der Waals surface area contributed by atoms with Gasteiger partial charge in [0.2, 0.25) is 5.89 Å². The summed E-state index contributed by atoms with van der Waals surface area (Å²) in [4.78, 5) is 9.51. The third-order valence-corrected chi connectivity index (χ3v) is 4.57. The first-order valence-electron chi connectivity index (χ1n) is 6.07. The molecule has 0 aliphatic carbocycles. The first kappa shape index (κ1) is 12.5. The predicted octanol–water partition coefficient (Wildman–Crippen LogP) is 3.63. The van der Waals surface area contributed by atoms with Gasteiger partial charge in [-0.1, -0.05) is 11.8 Å². The number of thiophene rings is 1. The first-order valence-corrected chi connectivity index (χ1v) is 7.94. The summed E-state index contributed by atoms with van der Waals surface area (Å²) < 4.78 is 10.8. The summed E-state index contributed by atoms with van der Waals surface area (Å²) in [5.74, 6) is 2.05. The maximum absolute atomic E-state index is 5.57. The Morgan fingerprint density at radius 2 is 2.19 bits per heavy atom. The van der Waals surface area contributed by atoms with E-state index in [9.17, 15) is 0 Å². The summed E-state index contributed by atoms with van der Waals surface area (Å²) in [5, 5.41) is 12.0. The monoisotopic (exact) mass is 316 g/mol. The molecule has 0 saturated carbocycles. The number of furan rings is 1. The van der Waals surface area contributed by atoms with Crippen LogP contribution < -0.4 is 0 Å². The molecule has 0 fully saturated rings. The van der Waals surface area contributed by atoms with Crippen LogP contribution in [0.15, 0.2) is 50.0 Å². The van der Waals surface area contributed by atoms with E-state index in [4.69, 9.17) is 8.83 Å². The Hall–Kier alpha value is -2.19. The quantitative estimate of drug-likeness (QED) is 0.420. The lowest BCUT2D eigenvalue weighted by atomic mass is 10.4. The highest BCUT2D eigenvalue weighted by Crippen LogP contribution is 2.30. The molecule has 0 aliphatic rings.